The van der Waals surface area contributed by atoms with E-state index in [0.717, 1.165) is 0 Å². The van der Waals surface area contributed by atoms with Gasteiger partial charge in [-0.2, -0.15) is 0 Å². The third kappa shape index (κ3) is 7.69. The van der Waals surface area contributed by atoms with Crippen molar-refractivity contribution in [2.24, 2.45) is 0 Å². The number of nitrogens with zero attached hydrogens (tertiary/aromatic N) is 1. The van der Waals surface area contributed by atoms with Crippen LogP contribution < -0.4 is 25.4 Å². The Morgan fingerprint density at radius 3 is 1.76 bits per heavy atom. The maximum atomic E-state index is 12.8. The summed E-state index contributed by atoms with van der Waals surface area (Å²) in [5.74, 6) is -0.769. The van der Waals surface area contributed by atoms with Gasteiger partial charge in [0.15, 0.2) is 18.3 Å². The first kappa shape index (κ1) is 26.9. The molecule has 0 aliphatic heterocycles. The monoisotopic (exact) mass is 570 g/mol. The largest absolute Gasteiger partial charge is 0.482 e. The standard InChI is InChI=1S/C26H20Cl2N4O5S/c27-19-5-1-3-7-21(19)36-14-23(33)30-17-11-16(25(35)32-26-29-9-10-38-26)12-18(13-17)31-24(34)15-37-22-8-4-2-6-20(22)28/h1-13H,14-15H2,(H,30,33)(H,31,34)(H,29,32,35). The summed E-state index contributed by atoms with van der Waals surface area (Å²) < 4.78 is 10.9. The summed E-state index contributed by atoms with van der Waals surface area (Å²) >= 11 is 13.4. The number of carbonyl (C=O) groups is 3. The summed E-state index contributed by atoms with van der Waals surface area (Å²) in [5, 5.41) is 10.8. The number of benzene rings is 3. The molecule has 38 heavy (non-hydrogen) atoms. The molecule has 0 fully saturated rings. The lowest BCUT2D eigenvalue weighted by molar-refractivity contribution is -0.118. The maximum absolute atomic E-state index is 12.8. The highest BCUT2D eigenvalue weighted by atomic mass is 35.5. The number of aromatic nitrogens is 1. The Morgan fingerprint density at radius 2 is 1.29 bits per heavy atom. The van der Waals surface area contributed by atoms with Gasteiger partial charge in [-0.25, -0.2) is 4.98 Å². The zero-order valence-electron chi connectivity index (χ0n) is 19.6. The summed E-state index contributed by atoms with van der Waals surface area (Å²) in [6.45, 7) is -0.653. The number of ether oxygens (including phenoxy) is 2. The van der Waals surface area contributed by atoms with Gasteiger partial charge in [0.25, 0.3) is 17.7 Å². The van der Waals surface area contributed by atoms with E-state index in [9.17, 15) is 14.4 Å². The highest BCUT2D eigenvalue weighted by molar-refractivity contribution is 7.13. The Kier molecular flexibility index (Phi) is 9.15. The normalized spacial score (nSPS) is 10.4. The smallest absolute Gasteiger partial charge is 0.262 e. The number of hydrogen-bond acceptors (Lipinski definition) is 7. The van der Waals surface area contributed by atoms with E-state index in [-0.39, 0.29) is 30.2 Å². The molecule has 194 valence electrons. The molecular formula is C26H20Cl2N4O5S. The summed E-state index contributed by atoms with van der Waals surface area (Å²) in [7, 11) is 0. The number of hydrogen-bond donors (Lipinski definition) is 3. The Hall–Kier alpha value is -4.12. The van der Waals surface area contributed by atoms with Gasteiger partial charge >= 0.3 is 0 Å². The maximum Gasteiger partial charge on any atom is 0.262 e. The first-order chi connectivity index (χ1) is 18.4. The van der Waals surface area contributed by atoms with Gasteiger partial charge in [-0.15, -0.1) is 11.3 Å². The Morgan fingerprint density at radius 1 is 0.763 bits per heavy atom. The topological polar surface area (TPSA) is 119 Å². The second-order valence-corrected chi connectivity index (χ2v) is 9.33. The minimum absolute atomic E-state index is 0.173. The predicted molar refractivity (Wildman–Crippen MR) is 148 cm³/mol. The molecule has 0 saturated carbocycles. The fourth-order valence-corrected chi connectivity index (χ4v) is 4.07. The number of anilines is 3. The van der Waals surface area contributed by atoms with Crippen molar-refractivity contribution in [2.45, 2.75) is 0 Å². The molecule has 1 aromatic heterocycles. The van der Waals surface area contributed by atoms with Crippen LogP contribution in [-0.2, 0) is 9.59 Å². The average Bonchev–Trinajstić information content (AvgIpc) is 3.40. The molecule has 0 spiro atoms. The predicted octanol–water partition coefficient (Wildman–Crippen LogP) is 5.74. The molecule has 3 amide bonds. The Bertz CT molecular complexity index is 1370. The van der Waals surface area contributed by atoms with Crippen LogP contribution in [0, 0.1) is 0 Å². The number of halogens is 2. The molecule has 0 aliphatic carbocycles. The molecule has 0 aliphatic rings. The van der Waals surface area contributed by atoms with Crippen molar-refractivity contribution in [3.63, 3.8) is 0 Å². The van der Waals surface area contributed by atoms with Crippen LogP contribution in [0.25, 0.3) is 0 Å². The van der Waals surface area contributed by atoms with Crippen LogP contribution in [0.3, 0.4) is 0 Å². The van der Waals surface area contributed by atoms with Gasteiger partial charge in [-0.05, 0) is 42.5 Å². The lowest BCUT2D eigenvalue weighted by atomic mass is 10.1. The van der Waals surface area contributed by atoms with Gasteiger partial charge in [0.1, 0.15) is 11.5 Å². The lowest BCUT2D eigenvalue weighted by Gasteiger charge is -2.13. The molecule has 3 aromatic carbocycles. The third-order valence-corrected chi connectivity index (χ3v) is 6.12. The van der Waals surface area contributed by atoms with Crippen molar-refractivity contribution in [1.29, 1.82) is 0 Å². The van der Waals surface area contributed by atoms with Gasteiger partial charge in [0, 0.05) is 28.5 Å². The molecule has 1 heterocycles. The SMILES string of the molecule is O=C(COc1ccccc1Cl)Nc1cc(NC(=O)COc2ccccc2Cl)cc(C(=O)Nc2nccs2)c1. The number of para-hydroxylation sites is 2. The third-order valence-electron chi connectivity index (χ3n) is 4.81. The van der Waals surface area contributed by atoms with E-state index >= 15 is 0 Å². The van der Waals surface area contributed by atoms with Gasteiger partial charge in [-0.1, -0.05) is 47.5 Å². The van der Waals surface area contributed by atoms with E-state index in [4.69, 9.17) is 32.7 Å². The van der Waals surface area contributed by atoms with Crippen molar-refractivity contribution < 1.29 is 23.9 Å². The van der Waals surface area contributed by atoms with Crippen molar-refractivity contribution in [2.75, 3.05) is 29.2 Å². The molecule has 0 saturated heterocycles. The Labute approximate surface area is 231 Å². The van der Waals surface area contributed by atoms with Gasteiger partial charge in [0.2, 0.25) is 0 Å². The van der Waals surface area contributed by atoms with Crippen LogP contribution in [0.2, 0.25) is 10.0 Å². The fourth-order valence-electron chi connectivity index (χ4n) is 3.16. The molecule has 0 bridgehead atoms. The van der Waals surface area contributed by atoms with Crippen molar-refractivity contribution in [3.05, 3.63) is 93.9 Å². The van der Waals surface area contributed by atoms with Gasteiger partial charge < -0.3 is 20.1 Å². The average molecular weight is 571 g/mol. The Balaban J connectivity index is 1.47. The number of rotatable bonds is 10. The van der Waals surface area contributed by atoms with E-state index in [1.165, 1.54) is 29.5 Å². The van der Waals surface area contributed by atoms with E-state index in [1.54, 1.807) is 60.1 Å². The van der Waals surface area contributed by atoms with Crippen LogP contribution in [0.15, 0.2) is 78.3 Å². The van der Waals surface area contributed by atoms with Crippen LogP contribution in [0.4, 0.5) is 16.5 Å². The quantitative estimate of drug-likeness (QED) is 0.224. The highest BCUT2D eigenvalue weighted by Crippen LogP contribution is 2.25. The molecule has 4 aromatic rings. The lowest BCUT2D eigenvalue weighted by Crippen LogP contribution is -2.22. The first-order valence-corrected chi connectivity index (χ1v) is 12.7. The molecule has 12 heteroatoms. The van der Waals surface area contributed by atoms with Crippen molar-refractivity contribution in [1.82, 2.24) is 4.98 Å². The van der Waals surface area contributed by atoms with E-state index in [2.05, 4.69) is 20.9 Å². The van der Waals surface area contributed by atoms with Crippen molar-refractivity contribution in [3.8, 4) is 11.5 Å². The van der Waals surface area contributed by atoms with E-state index in [0.29, 0.717) is 26.7 Å². The second-order valence-electron chi connectivity index (χ2n) is 7.62. The van der Waals surface area contributed by atoms with E-state index in [1.807, 2.05) is 0 Å². The van der Waals surface area contributed by atoms with Gasteiger partial charge in [-0.3, -0.25) is 19.7 Å². The van der Waals surface area contributed by atoms with Crippen LogP contribution in [-0.4, -0.2) is 35.9 Å². The first-order valence-electron chi connectivity index (χ1n) is 11.1. The molecule has 0 radical (unpaired) electrons. The molecule has 0 unspecified atom stereocenters. The van der Waals surface area contributed by atoms with E-state index < -0.39 is 17.7 Å². The number of thiazole rings is 1. The molecule has 9 nitrogen and oxygen atoms in total. The summed E-state index contributed by atoms with van der Waals surface area (Å²) in [6.07, 6.45) is 1.56. The van der Waals surface area contributed by atoms with Crippen LogP contribution >= 0.6 is 34.5 Å². The number of amides is 3. The summed E-state index contributed by atoms with van der Waals surface area (Å²) in [5.41, 5.74) is 0.686. The van der Waals surface area contributed by atoms with Gasteiger partial charge in [0.05, 0.1) is 10.0 Å². The molecule has 0 atom stereocenters. The summed E-state index contributed by atoms with van der Waals surface area (Å²) in [4.78, 5) is 42.0. The molecule has 4 rings (SSSR count). The highest BCUT2D eigenvalue weighted by Gasteiger charge is 2.15. The van der Waals surface area contributed by atoms with Crippen LogP contribution in [0.1, 0.15) is 10.4 Å². The zero-order valence-corrected chi connectivity index (χ0v) is 21.9. The number of carbonyl (C=O) groups excluding carboxylic acids is 3. The molecular weight excluding hydrogens is 551 g/mol. The van der Waals surface area contributed by atoms with Crippen molar-refractivity contribution >= 4 is 68.8 Å². The minimum atomic E-state index is -0.498. The minimum Gasteiger partial charge on any atom is -0.482 e. The fraction of sp³-hybridized carbons (Fsp3) is 0.0769. The second kappa shape index (κ2) is 12.9. The van der Waals surface area contributed by atoms with Crippen LogP contribution in [0.5, 0.6) is 11.5 Å². The zero-order chi connectivity index (χ0) is 26.9. The number of nitrogens with one attached hydrogen (secondary N) is 3. The summed E-state index contributed by atoms with van der Waals surface area (Å²) in [6, 6.07) is 17.9. The molecule has 3 N–H and O–H groups in total.